The molecule has 0 unspecified atom stereocenters. The van der Waals surface area contributed by atoms with Gasteiger partial charge in [0.2, 0.25) is 6.79 Å². The molecule has 0 atom stereocenters. The first kappa shape index (κ1) is 14.1. The van der Waals surface area contributed by atoms with Crippen LogP contribution in [0.15, 0.2) is 23.3 Å². The standard InChI is InChI=1S/C15H19N3O2S/c21-15(17-12-4-2-1-3-5-12)18-16-9-11-6-7-13-14(8-11)20-10-19-13/h6-9,12H,1-5,10H2,(H2,17,18,21)/b16-9+. The highest BCUT2D eigenvalue weighted by Gasteiger charge is 2.14. The molecule has 6 heteroatoms. The van der Waals surface area contributed by atoms with Crippen LogP contribution in [0.3, 0.4) is 0 Å². The molecule has 2 aliphatic rings. The number of fused-ring (bicyclic) bond motifs is 1. The van der Waals surface area contributed by atoms with Gasteiger partial charge in [-0.15, -0.1) is 0 Å². The Morgan fingerprint density at radius 2 is 2.00 bits per heavy atom. The van der Waals surface area contributed by atoms with Gasteiger partial charge in [0, 0.05) is 6.04 Å². The Hall–Kier alpha value is -1.82. The van der Waals surface area contributed by atoms with E-state index in [0.717, 1.165) is 17.1 Å². The Morgan fingerprint density at radius 1 is 1.19 bits per heavy atom. The van der Waals surface area contributed by atoms with Crippen LogP contribution in [-0.4, -0.2) is 24.2 Å². The van der Waals surface area contributed by atoms with Crippen molar-refractivity contribution in [2.45, 2.75) is 38.1 Å². The molecule has 1 aliphatic heterocycles. The van der Waals surface area contributed by atoms with E-state index in [-0.39, 0.29) is 6.79 Å². The maximum Gasteiger partial charge on any atom is 0.231 e. The van der Waals surface area contributed by atoms with Gasteiger partial charge in [-0.1, -0.05) is 19.3 Å². The molecule has 0 aromatic heterocycles. The first-order valence-corrected chi connectivity index (χ1v) is 7.71. The van der Waals surface area contributed by atoms with Crippen LogP contribution in [0.25, 0.3) is 0 Å². The summed E-state index contributed by atoms with van der Waals surface area (Å²) in [6.07, 6.45) is 7.99. The second-order valence-corrected chi connectivity index (χ2v) is 5.70. The smallest absolute Gasteiger partial charge is 0.231 e. The number of thiocarbonyl (C=S) groups is 1. The molecule has 2 N–H and O–H groups in total. The van der Waals surface area contributed by atoms with E-state index < -0.39 is 0 Å². The minimum Gasteiger partial charge on any atom is -0.454 e. The number of hydrogen-bond donors (Lipinski definition) is 2. The third-order valence-corrected chi connectivity index (χ3v) is 3.93. The van der Waals surface area contributed by atoms with E-state index in [2.05, 4.69) is 15.8 Å². The zero-order chi connectivity index (χ0) is 14.5. The van der Waals surface area contributed by atoms with Gasteiger partial charge in [-0.2, -0.15) is 5.10 Å². The van der Waals surface area contributed by atoms with Crippen LogP contribution < -0.4 is 20.2 Å². The molecular formula is C15H19N3O2S. The molecule has 0 amide bonds. The summed E-state index contributed by atoms with van der Waals surface area (Å²) in [5.41, 5.74) is 3.80. The van der Waals surface area contributed by atoms with Crippen LogP contribution in [-0.2, 0) is 0 Å². The molecule has 0 spiro atoms. The lowest BCUT2D eigenvalue weighted by Crippen LogP contribution is -2.40. The van der Waals surface area contributed by atoms with Crippen LogP contribution >= 0.6 is 12.2 Å². The van der Waals surface area contributed by atoms with E-state index in [1.54, 1.807) is 6.21 Å². The third-order valence-electron chi connectivity index (χ3n) is 3.72. The number of nitrogens with one attached hydrogen (secondary N) is 2. The van der Waals surface area contributed by atoms with Crippen molar-refractivity contribution in [2.24, 2.45) is 5.10 Å². The molecule has 21 heavy (non-hydrogen) atoms. The average molecular weight is 305 g/mol. The molecule has 0 bridgehead atoms. The van der Waals surface area contributed by atoms with Gasteiger partial charge in [0.05, 0.1) is 6.21 Å². The molecule has 1 aromatic rings. The minimum atomic E-state index is 0.281. The van der Waals surface area contributed by atoms with Crippen molar-refractivity contribution in [3.8, 4) is 11.5 Å². The summed E-state index contributed by atoms with van der Waals surface area (Å²) < 4.78 is 10.6. The molecule has 1 fully saturated rings. The lowest BCUT2D eigenvalue weighted by molar-refractivity contribution is 0.174. The van der Waals surface area contributed by atoms with E-state index in [1.807, 2.05) is 18.2 Å². The first-order chi connectivity index (χ1) is 10.3. The summed E-state index contributed by atoms with van der Waals surface area (Å²) in [5.74, 6) is 1.52. The van der Waals surface area contributed by atoms with Gasteiger partial charge < -0.3 is 14.8 Å². The van der Waals surface area contributed by atoms with Crippen molar-refractivity contribution >= 4 is 23.5 Å². The monoisotopic (exact) mass is 305 g/mol. The molecule has 1 aliphatic carbocycles. The Bertz CT molecular complexity index is 542. The SMILES string of the molecule is S=C(N/N=C/c1ccc2c(c1)OCO2)NC1CCCCC1. The van der Waals surface area contributed by atoms with Crippen LogP contribution in [0.4, 0.5) is 0 Å². The van der Waals surface area contributed by atoms with Gasteiger partial charge in [-0.05, 0) is 48.8 Å². The Balaban J connectivity index is 1.48. The quantitative estimate of drug-likeness (QED) is 0.510. The topological polar surface area (TPSA) is 54.9 Å². The van der Waals surface area contributed by atoms with Crippen molar-refractivity contribution in [3.05, 3.63) is 23.8 Å². The van der Waals surface area contributed by atoms with Crippen molar-refractivity contribution in [3.63, 3.8) is 0 Å². The van der Waals surface area contributed by atoms with E-state index in [9.17, 15) is 0 Å². The number of benzene rings is 1. The highest BCUT2D eigenvalue weighted by atomic mass is 32.1. The average Bonchev–Trinajstić information content (AvgIpc) is 2.96. The lowest BCUT2D eigenvalue weighted by Gasteiger charge is -2.23. The zero-order valence-corrected chi connectivity index (χ0v) is 12.6. The van der Waals surface area contributed by atoms with Crippen LogP contribution in [0.5, 0.6) is 11.5 Å². The summed E-state index contributed by atoms with van der Waals surface area (Å²) in [4.78, 5) is 0. The second-order valence-electron chi connectivity index (χ2n) is 5.29. The molecule has 0 radical (unpaired) electrons. The number of nitrogens with zero attached hydrogens (tertiary/aromatic N) is 1. The summed E-state index contributed by atoms with van der Waals surface area (Å²) in [7, 11) is 0. The van der Waals surface area contributed by atoms with Gasteiger partial charge in [-0.25, -0.2) is 0 Å². The molecule has 1 aromatic carbocycles. The Labute approximate surface area is 129 Å². The van der Waals surface area contributed by atoms with Crippen LogP contribution in [0.2, 0.25) is 0 Å². The number of hydrogen-bond acceptors (Lipinski definition) is 4. The van der Waals surface area contributed by atoms with Gasteiger partial charge in [-0.3, -0.25) is 5.43 Å². The fourth-order valence-electron chi connectivity index (χ4n) is 2.62. The first-order valence-electron chi connectivity index (χ1n) is 7.30. The van der Waals surface area contributed by atoms with E-state index in [1.165, 1.54) is 32.1 Å². The van der Waals surface area contributed by atoms with Crippen molar-refractivity contribution < 1.29 is 9.47 Å². The summed E-state index contributed by atoms with van der Waals surface area (Å²) in [6.45, 7) is 0.281. The largest absolute Gasteiger partial charge is 0.454 e. The second kappa shape index (κ2) is 6.76. The Kier molecular flexibility index (Phi) is 4.55. The number of rotatable bonds is 3. The molecule has 112 valence electrons. The normalized spacial score (nSPS) is 17.9. The predicted octanol–water partition coefficient (Wildman–Crippen LogP) is 2.55. The van der Waals surface area contributed by atoms with E-state index >= 15 is 0 Å². The summed E-state index contributed by atoms with van der Waals surface area (Å²) in [6, 6.07) is 6.18. The third kappa shape index (κ3) is 3.85. The molecule has 0 saturated heterocycles. The van der Waals surface area contributed by atoms with Crippen molar-refractivity contribution in [1.29, 1.82) is 0 Å². The van der Waals surface area contributed by atoms with Crippen molar-refractivity contribution in [2.75, 3.05) is 6.79 Å². The molecule has 3 rings (SSSR count). The van der Waals surface area contributed by atoms with E-state index in [4.69, 9.17) is 21.7 Å². The summed E-state index contributed by atoms with van der Waals surface area (Å²) >= 11 is 5.25. The van der Waals surface area contributed by atoms with Gasteiger partial charge in [0.15, 0.2) is 16.6 Å². The Morgan fingerprint density at radius 3 is 2.86 bits per heavy atom. The highest BCUT2D eigenvalue weighted by molar-refractivity contribution is 7.80. The van der Waals surface area contributed by atoms with E-state index in [0.29, 0.717) is 11.2 Å². The highest BCUT2D eigenvalue weighted by Crippen LogP contribution is 2.31. The predicted molar refractivity (Wildman–Crippen MR) is 85.9 cm³/mol. The van der Waals surface area contributed by atoms with Gasteiger partial charge in [0.1, 0.15) is 0 Å². The maximum absolute atomic E-state index is 5.32. The molecule has 1 saturated carbocycles. The van der Waals surface area contributed by atoms with Gasteiger partial charge in [0.25, 0.3) is 0 Å². The fourth-order valence-corrected chi connectivity index (χ4v) is 2.84. The fraction of sp³-hybridized carbons (Fsp3) is 0.467. The minimum absolute atomic E-state index is 0.281. The molecule has 5 nitrogen and oxygen atoms in total. The van der Waals surface area contributed by atoms with Crippen LogP contribution in [0.1, 0.15) is 37.7 Å². The maximum atomic E-state index is 5.32. The molecule has 1 heterocycles. The lowest BCUT2D eigenvalue weighted by atomic mass is 9.96. The number of hydrazone groups is 1. The number of ether oxygens (including phenoxy) is 2. The summed E-state index contributed by atoms with van der Waals surface area (Å²) in [5, 5.41) is 8.05. The molecular weight excluding hydrogens is 286 g/mol. The van der Waals surface area contributed by atoms with Crippen LogP contribution in [0, 0.1) is 0 Å². The zero-order valence-electron chi connectivity index (χ0n) is 11.8. The van der Waals surface area contributed by atoms with Gasteiger partial charge >= 0.3 is 0 Å². The van der Waals surface area contributed by atoms with Crippen molar-refractivity contribution in [1.82, 2.24) is 10.7 Å².